The van der Waals surface area contributed by atoms with E-state index in [1.807, 2.05) is 13.8 Å². The lowest BCUT2D eigenvalue weighted by Gasteiger charge is -2.25. The number of rotatable bonds is 5. The molecule has 0 heterocycles. The van der Waals surface area contributed by atoms with E-state index in [1.165, 1.54) is 4.90 Å². The van der Waals surface area contributed by atoms with Crippen molar-refractivity contribution < 1.29 is 17.9 Å². The second-order valence-electron chi connectivity index (χ2n) is 4.52. The largest absolute Gasteiger partial charge is 0.489 e. The van der Waals surface area contributed by atoms with E-state index in [2.05, 4.69) is 0 Å². The van der Waals surface area contributed by atoms with Gasteiger partial charge in [-0.15, -0.1) is 0 Å². The van der Waals surface area contributed by atoms with E-state index in [0.717, 1.165) is 0 Å². The number of hydrogen-bond donors (Lipinski definition) is 1. The Labute approximate surface area is 111 Å². The third-order valence-corrected chi connectivity index (χ3v) is 2.48. The first kappa shape index (κ1) is 15.5. The SMILES string of the molecule is CCN(CC(F)(F)F)c1ccc(N)c(OC(C)C)c1. The molecular formula is C13H19F3N2O. The highest BCUT2D eigenvalue weighted by Crippen LogP contribution is 2.30. The van der Waals surface area contributed by atoms with Crippen molar-refractivity contribution in [3.8, 4) is 5.75 Å². The van der Waals surface area contributed by atoms with Gasteiger partial charge in [0.05, 0.1) is 11.8 Å². The summed E-state index contributed by atoms with van der Waals surface area (Å²) in [7, 11) is 0. The molecule has 0 aliphatic rings. The van der Waals surface area contributed by atoms with Crippen LogP contribution in [0.2, 0.25) is 0 Å². The highest BCUT2D eigenvalue weighted by molar-refractivity contribution is 5.62. The van der Waals surface area contributed by atoms with E-state index in [0.29, 0.717) is 17.1 Å². The Bertz CT molecular complexity index is 419. The second-order valence-corrected chi connectivity index (χ2v) is 4.52. The van der Waals surface area contributed by atoms with Crippen LogP contribution >= 0.6 is 0 Å². The molecule has 0 fully saturated rings. The van der Waals surface area contributed by atoms with Crippen molar-refractivity contribution in [1.29, 1.82) is 0 Å². The van der Waals surface area contributed by atoms with E-state index in [9.17, 15) is 13.2 Å². The maximum absolute atomic E-state index is 12.5. The first-order valence-corrected chi connectivity index (χ1v) is 6.10. The predicted octanol–water partition coefficient (Wildman–Crippen LogP) is 3.44. The van der Waals surface area contributed by atoms with Crippen molar-refractivity contribution in [3.05, 3.63) is 18.2 Å². The lowest BCUT2D eigenvalue weighted by Crippen LogP contribution is -2.34. The number of nitrogens with two attached hydrogens (primary N) is 1. The number of halogens is 3. The molecule has 6 heteroatoms. The highest BCUT2D eigenvalue weighted by Gasteiger charge is 2.30. The first-order valence-electron chi connectivity index (χ1n) is 6.10. The minimum atomic E-state index is -4.24. The average molecular weight is 276 g/mol. The Hall–Kier alpha value is -1.59. The minimum absolute atomic E-state index is 0.0877. The zero-order valence-electron chi connectivity index (χ0n) is 11.3. The van der Waals surface area contributed by atoms with Crippen LogP contribution in [0, 0.1) is 0 Å². The summed E-state index contributed by atoms with van der Waals surface area (Å²) in [5.74, 6) is 0.410. The number of nitrogens with zero attached hydrogens (tertiary/aromatic N) is 1. The molecule has 1 rings (SSSR count). The van der Waals surface area contributed by atoms with Crippen molar-refractivity contribution in [2.45, 2.75) is 33.1 Å². The van der Waals surface area contributed by atoms with Gasteiger partial charge in [-0.2, -0.15) is 13.2 Å². The molecule has 3 nitrogen and oxygen atoms in total. The Morgan fingerprint density at radius 2 is 1.95 bits per heavy atom. The maximum Gasteiger partial charge on any atom is 0.405 e. The molecule has 19 heavy (non-hydrogen) atoms. The van der Waals surface area contributed by atoms with Crippen LogP contribution in [0.3, 0.4) is 0 Å². The quantitative estimate of drug-likeness (QED) is 0.837. The molecule has 0 aliphatic carbocycles. The van der Waals surface area contributed by atoms with Crippen molar-refractivity contribution >= 4 is 11.4 Å². The van der Waals surface area contributed by atoms with E-state index in [-0.39, 0.29) is 12.6 Å². The summed E-state index contributed by atoms with van der Waals surface area (Å²) < 4.78 is 42.9. The number of anilines is 2. The van der Waals surface area contributed by atoms with Gasteiger partial charge in [0.2, 0.25) is 0 Å². The molecule has 1 aromatic carbocycles. The summed E-state index contributed by atoms with van der Waals surface area (Å²) in [6.07, 6.45) is -4.33. The zero-order valence-corrected chi connectivity index (χ0v) is 11.3. The normalized spacial score (nSPS) is 11.7. The zero-order chi connectivity index (χ0) is 14.6. The van der Waals surface area contributed by atoms with Gasteiger partial charge in [-0.05, 0) is 32.9 Å². The van der Waals surface area contributed by atoms with Crippen molar-refractivity contribution in [2.24, 2.45) is 0 Å². The van der Waals surface area contributed by atoms with Crippen LogP contribution in [-0.4, -0.2) is 25.4 Å². The van der Waals surface area contributed by atoms with Crippen LogP contribution in [0.25, 0.3) is 0 Å². The molecule has 0 saturated heterocycles. The van der Waals surface area contributed by atoms with Crippen molar-refractivity contribution in [2.75, 3.05) is 23.7 Å². The molecule has 0 atom stereocenters. The summed E-state index contributed by atoms with van der Waals surface area (Å²) in [6, 6.07) is 4.68. The summed E-state index contributed by atoms with van der Waals surface area (Å²) in [5, 5.41) is 0. The molecule has 0 radical (unpaired) electrons. The molecule has 2 N–H and O–H groups in total. The minimum Gasteiger partial charge on any atom is -0.489 e. The lowest BCUT2D eigenvalue weighted by molar-refractivity contribution is -0.119. The maximum atomic E-state index is 12.5. The van der Waals surface area contributed by atoms with Crippen molar-refractivity contribution in [3.63, 3.8) is 0 Å². The van der Waals surface area contributed by atoms with Gasteiger partial charge in [-0.1, -0.05) is 0 Å². The van der Waals surface area contributed by atoms with Gasteiger partial charge in [0.15, 0.2) is 0 Å². The molecule has 108 valence electrons. The fourth-order valence-electron chi connectivity index (χ4n) is 1.68. The fourth-order valence-corrected chi connectivity index (χ4v) is 1.68. The standard InChI is InChI=1S/C13H19F3N2O/c1-4-18(8-13(14,15)16)10-5-6-11(17)12(7-10)19-9(2)3/h5-7,9H,4,8,17H2,1-3H3. The molecule has 1 aromatic rings. The molecule has 0 bridgehead atoms. The topological polar surface area (TPSA) is 38.5 Å². The monoisotopic (exact) mass is 276 g/mol. The van der Waals surface area contributed by atoms with Gasteiger partial charge in [0.25, 0.3) is 0 Å². The van der Waals surface area contributed by atoms with E-state index < -0.39 is 12.7 Å². The third kappa shape index (κ3) is 4.89. The number of benzene rings is 1. The Morgan fingerprint density at radius 3 is 2.42 bits per heavy atom. The Morgan fingerprint density at radius 1 is 1.32 bits per heavy atom. The van der Waals surface area contributed by atoms with Gasteiger partial charge < -0.3 is 15.4 Å². The number of hydrogen-bond acceptors (Lipinski definition) is 3. The van der Waals surface area contributed by atoms with Gasteiger partial charge in [-0.3, -0.25) is 0 Å². The molecule has 0 aromatic heterocycles. The fraction of sp³-hybridized carbons (Fsp3) is 0.538. The Kier molecular flexibility index (Phi) is 4.91. The van der Waals surface area contributed by atoms with Crippen molar-refractivity contribution in [1.82, 2.24) is 0 Å². The van der Waals surface area contributed by atoms with E-state index >= 15 is 0 Å². The first-order chi connectivity index (χ1) is 8.73. The van der Waals surface area contributed by atoms with Gasteiger partial charge in [0.1, 0.15) is 12.3 Å². The van der Waals surface area contributed by atoms with Crippen LogP contribution in [0.1, 0.15) is 20.8 Å². The van der Waals surface area contributed by atoms with Crippen LogP contribution in [0.15, 0.2) is 18.2 Å². The third-order valence-electron chi connectivity index (χ3n) is 2.48. The van der Waals surface area contributed by atoms with Gasteiger partial charge in [0, 0.05) is 18.3 Å². The van der Waals surface area contributed by atoms with Crippen LogP contribution in [0.4, 0.5) is 24.5 Å². The summed E-state index contributed by atoms with van der Waals surface area (Å²) in [6.45, 7) is 4.60. The van der Waals surface area contributed by atoms with Gasteiger partial charge in [-0.25, -0.2) is 0 Å². The predicted molar refractivity (Wildman–Crippen MR) is 70.6 cm³/mol. The molecule has 0 aliphatic heterocycles. The van der Waals surface area contributed by atoms with E-state index in [1.54, 1.807) is 25.1 Å². The number of ether oxygens (including phenoxy) is 1. The van der Waals surface area contributed by atoms with Crippen LogP contribution < -0.4 is 15.4 Å². The molecule has 0 unspecified atom stereocenters. The summed E-state index contributed by atoms with van der Waals surface area (Å²) >= 11 is 0. The highest BCUT2D eigenvalue weighted by atomic mass is 19.4. The molecule has 0 amide bonds. The average Bonchev–Trinajstić information content (AvgIpc) is 2.27. The van der Waals surface area contributed by atoms with E-state index in [4.69, 9.17) is 10.5 Å². The molecular weight excluding hydrogens is 257 g/mol. The summed E-state index contributed by atoms with van der Waals surface area (Å²) in [5.41, 5.74) is 6.61. The van der Waals surface area contributed by atoms with Gasteiger partial charge >= 0.3 is 6.18 Å². The molecule has 0 saturated carbocycles. The Balaban J connectivity index is 2.98. The number of alkyl halides is 3. The summed E-state index contributed by atoms with van der Waals surface area (Å²) in [4.78, 5) is 1.23. The van der Waals surface area contributed by atoms with Crippen LogP contribution in [-0.2, 0) is 0 Å². The smallest absolute Gasteiger partial charge is 0.405 e. The molecule has 0 spiro atoms. The van der Waals surface area contributed by atoms with Crippen LogP contribution in [0.5, 0.6) is 5.75 Å². The number of nitrogen functional groups attached to an aromatic ring is 1. The lowest BCUT2D eigenvalue weighted by atomic mass is 10.2. The second kappa shape index (κ2) is 6.04.